The zero-order valence-electron chi connectivity index (χ0n) is 20.8. The first-order valence-corrected chi connectivity index (χ1v) is 13.3. The van der Waals surface area contributed by atoms with Crippen molar-refractivity contribution in [1.82, 2.24) is 19.4 Å². The lowest BCUT2D eigenvalue weighted by atomic mass is 10.1. The van der Waals surface area contributed by atoms with Gasteiger partial charge in [0.1, 0.15) is 11.6 Å². The van der Waals surface area contributed by atoms with E-state index in [1.54, 1.807) is 27.7 Å². The van der Waals surface area contributed by atoms with E-state index >= 15 is 0 Å². The number of benzene rings is 3. The molecule has 1 saturated heterocycles. The third-order valence-corrected chi connectivity index (χ3v) is 7.56. The highest BCUT2D eigenvalue weighted by molar-refractivity contribution is 9.10. The van der Waals surface area contributed by atoms with Crippen LogP contribution in [0.1, 0.15) is 42.5 Å². The lowest BCUT2D eigenvalue weighted by molar-refractivity contribution is 0.0361. The Morgan fingerprint density at radius 2 is 1.76 bits per heavy atom. The molecule has 2 atom stereocenters. The first-order chi connectivity index (χ1) is 17.9. The molecular formula is C29H28BrFN4O2. The van der Waals surface area contributed by atoms with Crippen molar-refractivity contribution in [2.75, 3.05) is 19.6 Å². The van der Waals surface area contributed by atoms with Crippen LogP contribution in [0.3, 0.4) is 0 Å². The predicted octanol–water partition coefficient (Wildman–Crippen LogP) is 5.58. The van der Waals surface area contributed by atoms with Gasteiger partial charge in [0.15, 0.2) is 0 Å². The van der Waals surface area contributed by atoms with E-state index in [-0.39, 0.29) is 29.1 Å². The number of rotatable bonds is 5. The molecule has 190 valence electrons. The minimum atomic E-state index is -0.507. The maximum atomic E-state index is 14.3. The van der Waals surface area contributed by atoms with E-state index < -0.39 is 5.82 Å². The average molecular weight is 563 g/mol. The number of nitrogens with zero attached hydrogens (tertiary/aromatic N) is 4. The Morgan fingerprint density at radius 1 is 1.05 bits per heavy atom. The highest BCUT2D eigenvalue weighted by Gasteiger charge is 2.34. The van der Waals surface area contributed by atoms with E-state index in [0.717, 1.165) is 16.6 Å². The summed E-state index contributed by atoms with van der Waals surface area (Å²) in [6, 6.07) is 20.9. The van der Waals surface area contributed by atoms with Gasteiger partial charge in [-0.2, -0.15) is 0 Å². The minimum absolute atomic E-state index is 0.0927. The summed E-state index contributed by atoms with van der Waals surface area (Å²) in [6.45, 7) is 5.70. The maximum Gasteiger partial charge on any atom is 0.266 e. The van der Waals surface area contributed by atoms with Gasteiger partial charge in [0, 0.05) is 30.1 Å². The highest BCUT2D eigenvalue weighted by Crippen LogP contribution is 2.29. The molecule has 37 heavy (non-hydrogen) atoms. The molecule has 4 aromatic rings. The van der Waals surface area contributed by atoms with Gasteiger partial charge in [0.2, 0.25) is 0 Å². The van der Waals surface area contributed by atoms with Gasteiger partial charge in [-0.1, -0.05) is 47.1 Å². The van der Waals surface area contributed by atoms with Crippen LogP contribution >= 0.6 is 15.9 Å². The summed E-state index contributed by atoms with van der Waals surface area (Å²) in [5.41, 5.74) is 1.40. The number of amides is 1. The van der Waals surface area contributed by atoms with Crippen LogP contribution in [-0.2, 0) is 0 Å². The fourth-order valence-electron chi connectivity index (χ4n) is 5.18. The van der Waals surface area contributed by atoms with Crippen molar-refractivity contribution in [3.8, 4) is 5.69 Å². The Labute approximate surface area is 223 Å². The molecule has 0 N–H and O–H groups in total. The summed E-state index contributed by atoms with van der Waals surface area (Å²) < 4.78 is 16.9. The van der Waals surface area contributed by atoms with Gasteiger partial charge in [0.05, 0.1) is 28.2 Å². The summed E-state index contributed by atoms with van der Waals surface area (Å²) in [5, 5.41) is 0.567. The van der Waals surface area contributed by atoms with Crippen molar-refractivity contribution in [3.63, 3.8) is 0 Å². The van der Waals surface area contributed by atoms with E-state index in [2.05, 4.69) is 27.8 Å². The Balaban J connectivity index is 1.51. The smallest absolute Gasteiger partial charge is 0.266 e. The Morgan fingerprint density at radius 3 is 2.46 bits per heavy atom. The predicted molar refractivity (Wildman–Crippen MR) is 147 cm³/mol. The van der Waals surface area contributed by atoms with Crippen LogP contribution in [0.4, 0.5) is 4.39 Å². The van der Waals surface area contributed by atoms with Gasteiger partial charge in [-0.25, -0.2) is 9.37 Å². The van der Waals surface area contributed by atoms with E-state index in [0.29, 0.717) is 36.4 Å². The molecule has 1 aliphatic heterocycles. The molecule has 2 heterocycles. The molecule has 1 aromatic heterocycles. The second-order valence-corrected chi connectivity index (χ2v) is 10.3. The number of fused-ring (bicyclic) bond motifs is 1. The number of hydrogen-bond acceptors (Lipinski definition) is 4. The third-order valence-electron chi connectivity index (χ3n) is 7.04. The van der Waals surface area contributed by atoms with Gasteiger partial charge in [0.25, 0.3) is 11.5 Å². The number of halogens is 2. The van der Waals surface area contributed by atoms with E-state index in [4.69, 9.17) is 4.98 Å². The molecule has 2 unspecified atom stereocenters. The molecule has 6 nitrogen and oxygen atoms in total. The summed E-state index contributed by atoms with van der Waals surface area (Å²) in [6.07, 6.45) is 0.731. The number of carbonyl (C=O) groups is 1. The molecule has 0 spiro atoms. The lowest BCUT2D eigenvalue weighted by Gasteiger charge is -2.43. The number of carbonyl (C=O) groups excluding carboxylic acids is 1. The Kier molecular flexibility index (Phi) is 7.22. The van der Waals surface area contributed by atoms with Crippen LogP contribution in [-0.4, -0.2) is 50.9 Å². The highest BCUT2D eigenvalue weighted by atomic mass is 79.9. The average Bonchev–Trinajstić information content (AvgIpc) is 2.90. The summed E-state index contributed by atoms with van der Waals surface area (Å²) in [5.74, 6) is -0.129. The maximum absolute atomic E-state index is 14.3. The van der Waals surface area contributed by atoms with Crippen LogP contribution < -0.4 is 5.56 Å². The van der Waals surface area contributed by atoms with Gasteiger partial charge in [-0.15, -0.1) is 0 Å². The third kappa shape index (κ3) is 4.83. The van der Waals surface area contributed by atoms with E-state index in [9.17, 15) is 14.0 Å². The van der Waals surface area contributed by atoms with E-state index in [1.165, 1.54) is 12.1 Å². The van der Waals surface area contributed by atoms with Crippen LogP contribution in [0.15, 0.2) is 82.1 Å². The molecule has 0 saturated carbocycles. The van der Waals surface area contributed by atoms with Gasteiger partial charge >= 0.3 is 0 Å². The second kappa shape index (κ2) is 10.6. The van der Waals surface area contributed by atoms with Gasteiger partial charge in [-0.3, -0.25) is 19.1 Å². The standard InChI is InChI=1S/C29H28BrFN4O2/c1-3-26(33-16-17-34(19(2)18-33)28(36)22-8-4-6-10-24(22)31)27-32-25-11-7-5-9-23(25)29(37)35(27)21-14-12-20(30)13-15-21/h4-15,19,26H,3,16-18H2,1-2H3. The molecule has 1 fully saturated rings. The molecule has 5 rings (SSSR count). The Bertz CT molecular complexity index is 1500. The summed E-state index contributed by atoms with van der Waals surface area (Å²) in [7, 11) is 0. The number of para-hydroxylation sites is 1. The zero-order valence-corrected chi connectivity index (χ0v) is 22.4. The number of piperazine rings is 1. The number of hydrogen-bond donors (Lipinski definition) is 0. The van der Waals surface area contributed by atoms with Gasteiger partial charge < -0.3 is 4.90 Å². The van der Waals surface area contributed by atoms with Crippen LogP contribution in [0.5, 0.6) is 0 Å². The second-order valence-electron chi connectivity index (χ2n) is 9.35. The van der Waals surface area contributed by atoms with Crippen molar-refractivity contribution >= 4 is 32.7 Å². The summed E-state index contributed by atoms with van der Waals surface area (Å²) in [4.78, 5) is 35.9. The van der Waals surface area contributed by atoms with Crippen LogP contribution in [0.25, 0.3) is 16.6 Å². The normalized spacial score (nSPS) is 17.2. The quantitative estimate of drug-likeness (QED) is 0.318. The fraction of sp³-hybridized carbons (Fsp3) is 0.276. The molecule has 1 amide bonds. The zero-order chi connectivity index (χ0) is 26.1. The van der Waals surface area contributed by atoms with Crippen LogP contribution in [0, 0.1) is 5.82 Å². The van der Waals surface area contributed by atoms with Crippen molar-refractivity contribution in [3.05, 3.63) is 105 Å². The first kappa shape index (κ1) is 25.3. The molecule has 0 bridgehead atoms. The lowest BCUT2D eigenvalue weighted by Crippen LogP contribution is -2.55. The van der Waals surface area contributed by atoms with Crippen molar-refractivity contribution < 1.29 is 9.18 Å². The van der Waals surface area contributed by atoms with Crippen molar-refractivity contribution in [1.29, 1.82) is 0 Å². The fourth-order valence-corrected chi connectivity index (χ4v) is 5.44. The van der Waals surface area contributed by atoms with Crippen molar-refractivity contribution in [2.45, 2.75) is 32.4 Å². The van der Waals surface area contributed by atoms with Crippen LogP contribution in [0.2, 0.25) is 0 Å². The molecular weight excluding hydrogens is 535 g/mol. The molecule has 8 heteroatoms. The molecule has 0 radical (unpaired) electrons. The monoisotopic (exact) mass is 562 g/mol. The Hall–Kier alpha value is -3.36. The summed E-state index contributed by atoms with van der Waals surface area (Å²) >= 11 is 3.48. The molecule has 1 aliphatic rings. The van der Waals surface area contributed by atoms with Gasteiger partial charge in [-0.05, 0) is 61.9 Å². The minimum Gasteiger partial charge on any atom is -0.333 e. The molecule has 0 aliphatic carbocycles. The molecule has 3 aromatic carbocycles. The number of aromatic nitrogens is 2. The SMILES string of the molecule is CCC(c1nc2ccccc2c(=O)n1-c1ccc(Br)cc1)N1CCN(C(=O)c2ccccc2F)C(C)C1. The topological polar surface area (TPSA) is 58.4 Å². The largest absolute Gasteiger partial charge is 0.333 e. The van der Waals surface area contributed by atoms with E-state index in [1.807, 2.05) is 49.4 Å². The van der Waals surface area contributed by atoms with Crippen molar-refractivity contribution in [2.24, 2.45) is 0 Å². The first-order valence-electron chi connectivity index (χ1n) is 12.5.